The molecule has 1 aromatic rings. The van der Waals surface area contributed by atoms with Gasteiger partial charge in [-0.1, -0.05) is 25.3 Å². The first-order chi connectivity index (χ1) is 10.7. The second-order valence-corrected chi connectivity index (χ2v) is 6.22. The molecular formula is C17H24N2O3. The van der Waals surface area contributed by atoms with E-state index in [9.17, 15) is 4.79 Å². The Balaban J connectivity index is 1.80. The summed E-state index contributed by atoms with van der Waals surface area (Å²) in [5.74, 6) is 1.66. The molecule has 5 heteroatoms. The van der Waals surface area contributed by atoms with Gasteiger partial charge < -0.3 is 20.5 Å². The van der Waals surface area contributed by atoms with Gasteiger partial charge in [0.25, 0.3) is 0 Å². The maximum atomic E-state index is 11.8. The molecule has 3 N–H and O–H groups in total. The van der Waals surface area contributed by atoms with Crippen molar-refractivity contribution in [1.29, 1.82) is 0 Å². The molecule has 0 saturated heterocycles. The molecule has 1 amide bonds. The monoisotopic (exact) mass is 304 g/mol. The maximum absolute atomic E-state index is 11.8. The minimum atomic E-state index is 0.00346. The zero-order chi connectivity index (χ0) is 15.4. The second-order valence-electron chi connectivity index (χ2n) is 6.22. The minimum absolute atomic E-state index is 0.00346. The third kappa shape index (κ3) is 3.04. The number of benzene rings is 1. The van der Waals surface area contributed by atoms with Crippen LogP contribution in [0.15, 0.2) is 18.2 Å². The molecule has 120 valence electrons. The molecule has 0 aromatic heterocycles. The molecule has 1 aliphatic heterocycles. The Morgan fingerprint density at radius 2 is 1.95 bits per heavy atom. The van der Waals surface area contributed by atoms with Crippen molar-refractivity contribution in [3.8, 4) is 11.5 Å². The number of nitrogens with two attached hydrogens (primary N) is 1. The summed E-state index contributed by atoms with van der Waals surface area (Å²) in [5.41, 5.74) is 6.70. The number of hydrogen-bond acceptors (Lipinski definition) is 4. The van der Waals surface area contributed by atoms with Crippen LogP contribution in [0.2, 0.25) is 0 Å². The molecule has 0 unspecified atom stereocenters. The maximum Gasteiger partial charge on any atom is 0.231 e. The molecule has 0 radical (unpaired) electrons. The van der Waals surface area contributed by atoms with Gasteiger partial charge in [0.15, 0.2) is 11.5 Å². The molecule has 3 rings (SSSR count). The molecular weight excluding hydrogens is 280 g/mol. The number of amides is 1. The van der Waals surface area contributed by atoms with Crippen LogP contribution in [-0.4, -0.2) is 25.8 Å². The van der Waals surface area contributed by atoms with Gasteiger partial charge >= 0.3 is 0 Å². The number of carbonyl (C=O) groups is 1. The van der Waals surface area contributed by atoms with E-state index in [0.717, 1.165) is 24.3 Å². The fourth-order valence-corrected chi connectivity index (χ4v) is 3.51. The Hall–Kier alpha value is -1.75. The molecule has 5 nitrogen and oxygen atoms in total. The first-order valence-corrected chi connectivity index (χ1v) is 8.10. The third-order valence-electron chi connectivity index (χ3n) is 4.79. The summed E-state index contributed by atoms with van der Waals surface area (Å²) >= 11 is 0. The first kappa shape index (κ1) is 15.2. The zero-order valence-corrected chi connectivity index (χ0v) is 12.9. The van der Waals surface area contributed by atoms with Crippen LogP contribution in [0.25, 0.3) is 0 Å². The van der Waals surface area contributed by atoms with E-state index in [1.54, 1.807) is 0 Å². The van der Waals surface area contributed by atoms with E-state index >= 15 is 0 Å². The fourth-order valence-electron chi connectivity index (χ4n) is 3.51. The number of carbonyl (C=O) groups excluding carboxylic acids is 1. The molecule has 0 spiro atoms. The van der Waals surface area contributed by atoms with E-state index in [1.165, 1.54) is 24.8 Å². The predicted octanol–water partition coefficient (Wildman–Crippen LogP) is 2.08. The van der Waals surface area contributed by atoms with Crippen LogP contribution in [0.3, 0.4) is 0 Å². The molecule has 1 saturated carbocycles. The summed E-state index contributed by atoms with van der Waals surface area (Å²) in [6, 6.07) is 6.19. The lowest BCUT2D eigenvalue weighted by molar-refractivity contribution is -0.121. The van der Waals surface area contributed by atoms with Gasteiger partial charge in [-0.25, -0.2) is 0 Å². The summed E-state index contributed by atoms with van der Waals surface area (Å²) < 4.78 is 10.9. The summed E-state index contributed by atoms with van der Waals surface area (Å²) in [6.07, 6.45) is 6.23. The number of ether oxygens (including phenoxy) is 2. The van der Waals surface area contributed by atoms with Gasteiger partial charge in [-0.05, 0) is 30.5 Å². The SMILES string of the molecule is NCCC(=O)NCC1(c2ccc3c(c2)OCO3)CCCCC1. The van der Waals surface area contributed by atoms with Crippen molar-refractivity contribution >= 4 is 5.91 Å². The minimum Gasteiger partial charge on any atom is -0.454 e. The largest absolute Gasteiger partial charge is 0.454 e. The van der Waals surface area contributed by atoms with Crippen molar-refractivity contribution in [2.45, 2.75) is 43.9 Å². The van der Waals surface area contributed by atoms with Crippen LogP contribution in [0.1, 0.15) is 44.1 Å². The molecule has 1 aromatic carbocycles. The van der Waals surface area contributed by atoms with E-state index in [0.29, 0.717) is 26.3 Å². The van der Waals surface area contributed by atoms with Crippen LogP contribution in [0.4, 0.5) is 0 Å². The first-order valence-electron chi connectivity index (χ1n) is 8.10. The lowest BCUT2D eigenvalue weighted by atomic mass is 9.69. The molecule has 2 aliphatic rings. The highest BCUT2D eigenvalue weighted by Crippen LogP contribution is 2.43. The van der Waals surface area contributed by atoms with Crippen LogP contribution in [-0.2, 0) is 10.2 Å². The van der Waals surface area contributed by atoms with Crippen molar-refractivity contribution in [2.75, 3.05) is 19.9 Å². The van der Waals surface area contributed by atoms with E-state index < -0.39 is 0 Å². The lowest BCUT2D eigenvalue weighted by Crippen LogP contribution is -2.42. The van der Waals surface area contributed by atoms with Crippen molar-refractivity contribution in [3.05, 3.63) is 23.8 Å². The lowest BCUT2D eigenvalue weighted by Gasteiger charge is -2.38. The Kier molecular flexibility index (Phi) is 4.52. The number of fused-ring (bicyclic) bond motifs is 1. The van der Waals surface area contributed by atoms with Gasteiger partial charge in [-0.15, -0.1) is 0 Å². The fraction of sp³-hybridized carbons (Fsp3) is 0.588. The van der Waals surface area contributed by atoms with Crippen LogP contribution in [0.5, 0.6) is 11.5 Å². The predicted molar refractivity (Wildman–Crippen MR) is 84.0 cm³/mol. The van der Waals surface area contributed by atoms with E-state index in [2.05, 4.69) is 17.4 Å². The van der Waals surface area contributed by atoms with E-state index in [1.807, 2.05) is 6.07 Å². The molecule has 0 bridgehead atoms. The normalized spacial score (nSPS) is 19.0. The van der Waals surface area contributed by atoms with Crippen LogP contribution >= 0.6 is 0 Å². The Bertz CT molecular complexity index is 539. The van der Waals surface area contributed by atoms with Crippen molar-refractivity contribution in [1.82, 2.24) is 5.32 Å². The quantitative estimate of drug-likeness (QED) is 0.873. The number of hydrogen-bond donors (Lipinski definition) is 2. The summed E-state index contributed by atoms with van der Waals surface area (Å²) in [5, 5.41) is 3.07. The van der Waals surface area contributed by atoms with Gasteiger partial charge in [0.2, 0.25) is 12.7 Å². The number of rotatable bonds is 5. The van der Waals surface area contributed by atoms with Crippen molar-refractivity contribution < 1.29 is 14.3 Å². The smallest absolute Gasteiger partial charge is 0.231 e. The summed E-state index contributed by atoms with van der Waals surface area (Å²) in [4.78, 5) is 11.8. The van der Waals surface area contributed by atoms with Gasteiger partial charge in [-0.3, -0.25) is 4.79 Å². The third-order valence-corrected chi connectivity index (χ3v) is 4.79. The molecule has 1 aliphatic carbocycles. The Labute approximate surface area is 131 Å². The summed E-state index contributed by atoms with van der Waals surface area (Å²) in [7, 11) is 0. The van der Waals surface area contributed by atoms with Gasteiger partial charge in [0.1, 0.15) is 0 Å². The second kappa shape index (κ2) is 6.57. The molecule has 0 atom stereocenters. The van der Waals surface area contributed by atoms with Gasteiger partial charge in [-0.2, -0.15) is 0 Å². The highest BCUT2D eigenvalue weighted by molar-refractivity contribution is 5.76. The van der Waals surface area contributed by atoms with Crippen LogP contribution in [0, 0.1) is 0 Å². The topological polar surface area (TPSA) is 73.6 Å². The standard InChI is InChI=1S/C17H24N2O3/c18-9-6-16(20)19-11-17(7-2-1-3-8-17)13-4-5-14-15(10-13)22-12-21-14/h4-5,10H,1-3,6-9,11-12,18H2,(H,19,20). The van der Waals surface area contributed by atoms with Crippen molar-refractivity contribution in [2.24, 2.45) is 5.73 Å². The molecule has 1 heterocycles. The van der Waals surface area contributed by atoms with Crippen LogP contribution < -0.4 is 20.5 Å². The average Bonchev–Trinajstić information content (AvgIpc) is 3.02. The average molecular weight is 304 g/mol. The highest BCUT2D eigenvalue weighted by Gasteiger charge is 2.35. The number of nitrogens with one attached hydrogen (secondary N) is 1. The zero-order valence-electron chi connectivity index (χ0n) is 12.9. The summed E-state index contributed by atoms with van der Waals surface area (Å²) in [6.45, 7) is 1.35. The van der Waals surface area contributed by atoms with Gasteiger partial charge in [0.05, 0.1) is 0 Å². The van der Waals surface area contributed by atoms with E-state index in [-0.39, 0.29) is 11.3 Å². The molecule has 22 heavy (non-hydrogen) atoms. The Morgan fingerprint density at radius 1 is 1.18 bits per heavy atom. The highest BCUT2D eigenvalue weighted by atomic mass is 16.7. The molecule has 1 fully saturated rings. The van der Waals surface area contributed by atoms with E-state index in [4.69, 9.17) is 15.2 Å². The van der Waals surface area contributed by atoms with Gasteiger partial charge in [0, 0.05) is 24.9 Å². The Morgan fingerprint density at radius 3 is 2.73 bits per heavy atom. The van der Waals surface area contributed by atoms with Crippen molar-refractivity contribution in [3.63, 3.8) is 0 Å².